The van der Waals surface area contributed by atoms with Gasteiger partial charge in [0.25, 0.3) is 0 Å². The Morgan fingerprint density at radius 2 is 1.90 bits per heavy atom. The van der Waals surface area contributed by atoms with E-state index in [9.17, 15) is 0 Å². The molecule has 0 aliphatic carbocycles. The fraction of sp³-hybridized carbons (Fsp3) is 0.294. The van der Waals surface area contributed by atoms with Crippen LogP contribution in [0.4, 0.5) is 0 Å². The van der Waals surface area contributed by atoms with E-state index in [4.69, 9.17) is 14.6 Å². The number of fused-ring (bicyclic) bond motifs is 1. The highest BCUT2D eigenvalue weighted by molar-refractivity contribution is 5.37. The van der Waals surface area contributed by atoms with Gasteiger partial charge in [-0.2, -0.15) is 0 Å². The Kier molecular flexibility index (Phi) is 3.88. The summed E-state index contributed by atoms with van der Waals surface area (Å²) in [5.41, 5.74) is 2.45. The summed E-state index contributed by atoms with van der Waals surface area (Å²) in [5.74, 6) is 1.77. The average Bonchev–Trinajstić information content (AvgIpc) is 2.53. The molecule has 104 valence electrons. The molecular weight excluding hydrogens is 252 g/mol. The van der Waals surface area contributed by atoms with Crippen molar-refractivity contribution in [3.63, 3.8) is 0 Å². The van der Waals surface area contributed by atoms with Crippen LogP contribution in [-0.2, 0) is 6.42 Å². The average molecular weight is 270 g/mol. The van der Waals surface area contributed by atoms with E-state index in [2.05, 4.69) is 12.1 Å². The molecule has 1 unspecified atom stereocenters. The first-order valence-electron chi connectivity index (χ1n) is 6.95. The maximum absolute atomic E-state index is 8.73. The zero-order valence-corrected chi connectivity index (χ0v) is 11.3. The predicted molar refractivity (Wildman–Crippen MR) is 77.2 cm³/mol. The molecule has 2 aromatic rings. The third-order valence-electron chi connectivity index (χ3n) is 3.53. The van der Waals surface area contributed by atoms with Crippen LogP contribution in [0.15, 0.2) is 48.5 Å². The number of rotatable bonds is 4. The van der Waals surface area contributed by atoms with Gasteiger partial charge in [0, 0.05) is 0 Å². The molecule has 1 atom stereocenters. The zero-order chi connectivity index (χ0) is 13.8. The summed E-state index contributed by atoms with van der Waals surface area (Å²) >= 11 is 0. The largest absolute Gasteiger partial charge is 0.491 e. The molecule has 0 bridgehead atoms. The number of ether oxygens (including phenoxy) is 2. The lowest BCUT2D eigenvalue weighted by Gasteiger charge is -2.26. The monoisotopic (exact) mass is 270 g/mol. The van der Waals surface area contributed by atoms with Gasteiger partial charge < -0.3 is 14.6 Å². The molecule has 0 saturated carbocycles. The molecule has 0 amide bonds. The number of aliphatic hydroxyl groups excluding tert-OH is 1. The Morgan fingerprint density at radius 3 is 2.70 bits per heavy atom. The topological polar surface area (TPSA) is 38.7 Å². The summed E-state index contributed by atoms with van der Waals surface area (Å²) in [5, 5.41) is 8.73. The van der Waals surface area contributed by atoms with Crippen LogP contribution in [0.5, 0.6) is 11.5 Å². The molecule has 0 radical (unpaired) electrons. The van der Waals surface area contributed by atoms with E-state index in [1.54, 1.807) is 0 Å². The van der Waals surface area contributed by atoms with Gasteiger partial charge >= 0.3 is 0 Å². The minimum atomic E-state index is 0.0320. The molecule has 0 spiro atoms. The van der Waals surface area contributed by atoms with Crippen LogP contribution in [0.3, 0.4) is 0 Å². The predicted octanol–water partition coefficient (Wildman–Crippen LogP) is 3.12. The van der Waals surface area contributed by atoms with Crippen LogP contribution in [0.2, 0.25) is 0 Å². The quantitative estimate of drug-likeness (QED) is 0.927. The van der Waals surface area contributed by atoms with Gasteiger partial charge in [0.05, 0.1) is 6.61 Å². The van der Waals surface area contributed by atoms with E-state index in [-0.39, 0.29) is 12.7 Å². The molecule has 0 saturated heterocycles. The highest BCUT2D eigenvalue weighted by Gasteiger charge is 2.20. The van der Waals surface area contributed by atoms with Crippen LogP contribution >= 0.6 is 0 Å². The minimum absolute atomic E-state index is 0.0320. The van der Waals surface area contributed by atoms with E-state index in [0.717, 1.165) is 29.9 Å². The smallest absolute Gasteiger partial charge is 0.124 e. The van der Waals surface area contributed by atoms with Crippen molar-refractivity contribution in [2.24, 2.45) is 0 Å². The number of hydrogen-bond acceptors (Lipinski definition) is 3. The summed E-state index contributed by atoms with van der Waals surface area (Å²) in [7, 11) is 0. The van der Waals surface area contributed by atoms with E-state index in [0.29, 0.717) is 6.61 Å². The first-order valence-corrected chi connectivity index (χ1v) is 6.95. The van der Waals surface area contributed by atoms with Crippen molar-refractivity contribution in [2.45, 2.75) is 18.9 Å². The van der Waals surface area contributed by atoms with Gasteiger partial charge in [0.15, 0.2) is 0 Å². The lowest BCUT2D eigenvalue weighted by molar-refractivity contribution is 0.176. The molecule has 1 aliphatic rings. The van der Waals surface area contributed by atoms with Gasteiger partial charge in [-0.25, -0.2) is 0 Å². The van der Waals surface area contributed by atoms with Crippen LogP contribution in [-0.4, -0.2) is 18.3 Å². The van der Waals surface area contributed by atoms with Crippen molar-refractivity contribution >= 4 is 0 Å². The summed E-state index contributed by atoms with van der Waals surface area (Å²) < 4.78 is 11.4. The Morgan fingerprint density at radius 1 is 1.10 bits per heavy atom. The molecular formula is C17H18O3. The minimum Gasteiger partial charge on any atom is -0.491 e. The lowest BCUT2D eigenvalue weighted by atomic mass is 9.97. The van der Waals surface area contributed by atoms with Gasteiger partial charge in [-0.3, -0.25) is 0 Å². The first kappa shape index (κ1) is 13.0. The fourth-order valence-corrected chi connectivity index (χ4v) is 2.50. The molecule has 0 aromatic heterocycles. The second-order valence-corrected chi connectivity index (χ2v) is 4.89. The van der Waals surface area contributed by atoms with Crippen LogP contribution < -0.4 is 9.47 Å². The summed E-state index contributed by atoms with van der Waals surface area (Å²) in [6.45, 7) is 0.358. The second-order valence-electron chi connectivity index (χ2n) is 4.89. The molecule has 1 heterocycles. The number of para-hydroxylation sites is 1. The van der Waals surface area contributed by atoms with Crippen LogP contribution in [0.25, 0.3) is 0 Å². The summed E-state index contributed by atoms with van der Waals surface area (Å²) in [6.07, 6.45) is 2.15. The SMILES string of the molecule is OCCOc1ccc(C2CCc3ccccc3O2)cc1. The van der Waals surface area contributed by atoms with Crippen molar-refractivity contribution in [1.29, 1.82) is 0 Å². The van der Waals surface area contributed by atoms with Crippen molar-refractivity contribution < 1.29 is 14.6 Å². The fourth-order valence-electron chi connectivity index (χ4n) is 2.50. The molecule has 3 heteroatoms. The molecule has 1 N–H and O–H groups in total. The molecule has 3 rings (SSSR count). The molecule has 20 heavy (non-hydrogen) atoms. The van der Waals surface area contributed by atoms with Gasteiger partial charge in [-0.15, -0.1) is 0 Å². The normalized spacial score (nSPS) is 17.1. The molecule has 2 aromatic carbocycles. The molecule has 0 fully saturated rings. The van der Waals surface area contributed by atoms with E-state index >= 15 is 0 Å². The Bertz CT molecular complexity index is 563. The first-order chi connectivity index (χ1) is 9.86. The van der Waals surface area contributed by atoms with Crippen molar-refractivity contribution in [1.82, 2.24) is 0 Å². The molecule has 1 aliphatic heterocycles. The lowest BCUT2D eigenvalue weighted by Crippen LogP contribution is -2.14. The number of benzene rings is 2. The maximum atomic E-state index is 8.73. The summed E-state index contributed by atoms with van der Waals surface area (Å²) in [4.78, 5) is 0. The highest BCUT2D eigenvalue weighted by atomic mass is 16.5. The second kappa shape index (κ2) is 5.97. The van der Waals surface area contributed by atoms with Crippen molar-refractivity contribution in [3.8, 4) is 11.5 Å². The maximum Gasteiger partial charge on any atom is 0.124 e. The number of aliphatic hydroxyl groups is 1. The van der Waals surface area contributed by atoms with E-state index in [1.807, 2.05) is 36.4 Å². The third-order valence-corrected chi connectivity index (χ3v) is 3.53. The van der Waals surface area contributed by atoms with Gasteiger partial charge in [0.1, 0.15) is 24.2 Å². The van der Waals surface area contributed by atoms with Crippen molar-refractivity contribution in [3.05, 3.63) is 59.7 Å². The molecule has 3 nitrogen and oxygen atoms in total. The Labute approximate surface area is 118 Å². The van der Waals surface area contributed by atoms with E-state index in [1.165, 1.54) is 5.56 Å². The highest BCUT2D eigenvalue weighted by Crippen LogP contribution is 2.34. The van der Waals surface area contributed by atoms with Crippen LogP contribution in [0, 0.1) is 0 Å². The zero-order valence-electron chi connectivity index (χ0n) is 11.3. The van der Waals surface area contributed by atoms with Crippen LogP contribution in [0.1, 0.15) is 23.7 Å². The Hall–Kier alpha value is -2.00. The van der Waals surface area contributed by atoms with E-state index < -0.39 is 0 Å². The van der Waals surface area contributed by atoms with Gasteiger partial charge in [0.2, 0.25) is 0 Å². The van der Waals surface area contributed by atoms with Gasteiger partial charge in [-0.05, 0) is 42.2 Å². The standard InChI is InChI=1S/C17H18O3/c18-11-12-19-15-8-5-14(6-9-15)17-10-7-13-3-1-2-4-16(13)20-17/h1-6,8-9,17-18H,7,10-12H2. The summed E-state index contributed by atoms with van der Waals surface area (Å²) in [6, 6.07) is 16.1. The number of hydrogen-bond donors (Lipinski definition) is 1. The number of aryl methyl sites for hydroxylation is 1. The van der Waals surface area contributed by atoms with Crippen molar-refractivity contribution in [2.75, 3.05) is 13.2 Å². The Balaban J connectivity index is 1.71. The van der Waals surface area contributed by atoms with Gasteiger partial charge in [-0.1, -0.05) is 30.3 Å². The third kappa shape index (κ3) is 2.78.